The number of hydrogen-bond donors (Lipinski definition) is 0. The predicted octanol–water partition coefficient (Wildman–Crippen LogP) is 4.84. The fourth-order valence-electron chi connectivity index (χ4n) is 1.74. The fraction of sp³-hybridized carbons (Fsp3) is 0.133. The molecule has 2 rings (SSSR count). The average molecular weight is 279 g/mol. The van der Waals surface area contributed by atoms with Gasteiger partial charge in [-0.15, -0.1) is 0 Å². The van der Waals surface area contributed by atoms with Crippen LogP contribution in [0.1, 0.15) is 27.0 Å². The molecule has 0 amide bonds. The molecule has 0 saturated carbocycles. The van der Waals surface area contributed by atoms with E-state index in [0.29, 0.717) is 21.2 Å². The van der Waals surface area contributed by atoms with E-state index in [1.165, 1.54) is 0 Å². The maximum absolute atomic E-state index is 12.4. The molecule has 1 nitrogen and oxygen atoms in total. The molecule has 0 atom stereocenters. The molecule has 0 aliphatic rings. The van der Waals surface area contributed by atoms with Crippen molar-refractivity contribution in [2.24, 2.45) is 0 Å². The number of rotatable bonds is 2. The third-order valence-corrected chi connectivity index (χ3v) is 3.76. The number of aryl methyl sites for hydroxylation is 1. The lowest BCUT2D eigenvalue weighted by molar-refractivity contribution is 0.103. The Balaban J connectivity index is 2.48. The zero-order valence-corrected chi connectivity index (χ0v) is 11.6. The van der Waals surface area contributed by atoms with Gasteiger partial charge in [-0.25, -0.2) is 0 Å². The van der Waals surface area contributed by atoms with Gasteiger partial charge in [-0.2, -0.15) is 0 Å². The monoisotopic (exact) mass is 278 g/mol. The largest absolute Gasteiger partial charge is 0.289 e. The molecule has 0 fully saturated rings. The smallest absolute Gasteiger partial charge is 0.193 e. The number of hydrogen-bond acceptors (Lipinski definition) is 1. The molecule has 92 valence electrons. The van der Waals surface area contributed by atoms with Gasteiger partial charge in [0.25, 0.3) is 0 Å². The Morgan fingerprint density at radius 1 is 1.00 bits per heavy atom. The number of ketones is 1. The molecule has 0 bridgehead atoms. The number of halogens is 2. The van der Waals surface area contributed by atoms with Gasteiger partial charge >= 0.3 is 0 Å². The van der Waals surface area contributed by atoms with Gasteiger partial charge in [0, 0.05) is 21.2 Å². The molecule has 0 unspecified atom stereocenters. The highest BCUT2D eigenvalue weighted by Crippen LogP contribution is 2.23. The summed E-state index contributed by atoms with van der Waals surface area (Å²) in [6.07, 6.45) is 0. The quantitative estimate of drug-likeness (QED) is 0.719. The SMILES string of the molecule is Cc1ccc(C(=O)c2cccc(Cl)c2C)cc1Cl. The Morgan fingerprint density at radius 2 is 1.72 bits per heavy atom. The van der Waals surface area contributed by atoms with E-state index < -0.39 is 0 Å². The van der Waals surface area contributed by atoms with Crippen LogP contribution in [0, 0.1) is 13.8 Å². The summed E-state index contributed by atoms with van der Waals surface area (Å²) in [6.45, 7) is 3.74. The molecule has 0 heterocycles. The molecule has 0 aromatic heterocycles. The Kier molecular flexibility index (Phi) is 3.74. The first kappa shape index (κ1) is 13.1. The lowest BCUT2D eigenvalue weighted by Gasteiger charge is -2.07. The van der Waals surface area contributed by atoms with E-state index in [0.717, 1.165) is 11.1 Å². The van der Waals surface area contributed by atoms with Crippen LogP contribution in [0.15, 0.2) is 36.4 Å². The minimum atomic E-state index is -0.0584. The highest BCUT2D eigenvalue weighted by atomic mass is 35.5. The third kappa shape index (κ3) is 2.43. The van der Waals surface area contributed by atoms with Gasteiger partial charge in [0.05, 0.1) is 0 Å². The summed E-state index contributed by atoms with van der Waals surface area (Å²) < 4.78 is 0. The highest BCUT2D eigenvalue weighted by molar-refractivity contribution is 6.33. The van der Waals surface area contributed by atoms with Gasteiger partial charge in [0.1, 0.15) is 0 Å². The second-order valence-corrected chi connectivity index (χ2v) is 5.02. The molecule has 0 aliphatic heterocycles. The molecular formula is C15H12Cl2O. The van der Waals surface area contributed by atoms with Crippen molar-refractivity contribution < 1.29 is 4.79 Å². The Hall–Kier alpha value is -1.31. The standard InChI is InChI=1S/C15H12Cl2O/c1-9-6-7-11(8-14(9)17)15(18)12-4-3-5-13(16)10(12)2/h3-8H,1-2H3. The Bertz CT molecular complexity index is 618. The van der Waals surface area contributed by atoms with Crippen molar-refractivity contribution in [2.45, 2.75) is 13.8 Å². The molecule has 0 spiro atoms. The summed E-state index contributed by atoms with van der Waals surface area (Å²) in [4.78, 5) is 12.4. The normalized spacial score (nSPS) is 10.4. The van der Waals surface area contributed by atoms with Crippen LogP contribution in [0.3, 0.4) is 0 Å². The topological polar surface area (TPSA) is 17.1 Å². The highest BCUT2D eigenvalue weighted by Gasteiger charge is 2.13. The first-order chi connectivity index (χ1) is 8.50. The van der Waals surface area contributed by atoms with E-state index in [2.05, 4.69) is 0 Å². The number of carbonyl (C=O) groups excluding carboxylic acids is 1. The zero-order chi connectivity index (χ0) is 13.3. The summed E-state index contributed by atoms with van der Waals surface area (Å²) in [5, 5.41) is 1.19. The van der Waals surface area contributed by atoms with Crippen molar-refractivity contribution in [3.8, 4) is 0 Å². The summed E-state index contributed by atoms with van der Waals surface area (Å²) in [6, 6.07) is 10.6. The second-order valence-electron chi connectivity index (χ2n) is 4.21. The summed E-state index contributed by atoms with van der Waals surface area (Å²) >= 11 is 12.1. The molecule has 2 aromatic rings. The molecule has 2 aromatic carbocycles. The molecule has 3 heteroatoms. The van der Waals surface area contributed by atoms with Crippen LogP contribution in [-0.2, 0) is 0 Å². The van der Waals surface area contributed by atoms with Crippen LogP contribution in [0.4, 0.5) is 0 Å². The van der Waals surface area contributed by atoms with Crippen LogP contribution in [0.5, 0.6) is 0 Å². The van der Waals surface area contributed by atoms with Gasteiger partial charge in [-0.1, -0.05) is 47.5 Å². The van der Waals surface area contributed by atoms with Gasteiger partial charge < -0.3 is 0 Å². The third-order valence-electron chi connectivity index (χ3n) is 2.95. The van der Waals surface area contributed by atoms with Crippen LogP contribution in [0.2, 0.25) is 10.0 Å². The predicted molar refractivity (Wildman–Crippen MR) is 75.8 cm³/mol. The van der Waals surface area contributed by atoms with Crippen molar-refractivity contribution in [1.29, 1.82) is 0 Å². The summed E-state index contributed by atoms with van der Waals surface area (Å²) in [7, 11) is 0. The van der Waals surface area contributed by atoms with E-state index in [1.807, 2.05) is 19.9 Å². The minimum Gasteiger partial charge on any atom is -0.289 e. The molecular weight excluding hydrogens is 267 g/mol. The number of carbonyl (C=O) groups is 1. The maximum Gasteiger partial charge on any atom is 0.193 e. The summed E-state index contributed by atoms with van der Waals surface area (Å²) in [5.74, 6) is -0.0584. The van der Waals surface area contributed by atoms with E-state index in [-0.39, 0.29) is 5.78 Å². The van der Waals surface area contributed by atoms with Gasteiger partial charge in [-0.05, 0) is 37.1 Å². The molecule has 0 N–H and O–H groups in total. The first-order valence-electron chi connectivity index (χ1n) is 5.56. The van der Waals surface area contributed by atoms with Crippen LogP contribution >= 0.6 is 23.2 Å². The molecule has 0 aliphatic carbocycles. The van der Waals surface area contributed by atoms with Crippen LogP contribution < -0.4 is 0 Å². The first-order valence-corrected chi connectivity index (χ1v) is 6.32. The van der Waals surface area contributed by atoms with Crippen molar-refractivity contribution in [1.82, 2.24) is 0 Å². The Morgan fingerprint density at radius 3 is 2.39 bits per heavy atom. The zero-order valence-electron chi connectivity index (χ0n) is 10.1. The van der Waals surface area contributed by atoms with Gasteiger partial charge in [0.2, 0.25) is 0 Å². The maximum atomic E-state index is 12.4. The van der Waals surface area contributed by atoms with Crippen LogP contribution in [0.25, 0.3) is 0 Å². The average Bonchev–Trinajstić information content (AvgIpc) is 2.35. The van der Waals surface area contributed by atoms with Crippen molar-refractivity contribution in [2.75, 3.05) is 0 Å². The fourth-order valence-corrected chi connectivity index (χ4v) is 2.10. The van der Waals surface area contributed by atoms with Gasteiger partial charge in [-0.3, -0.25) is 4.79 Å². The lowest BCUT2D eigenvalue weighted by atomic mass is 9.98. The molecule has 0 saturated heterocycles. The van der Waals surface area contributed by atoms with E-state index in [9.17, 15) is 4.79 Å². The molecule has 0 radical (unpaired) electrons. The van der Waals surface area contributed by atoms with Crippen molar-refractivity contribution >= 4 is 29.0 Å². The Labute approximate surface area is 116 Å². The van der Waals surface area contributed by atoms with Crippen LogP contribution in [-0.4, -0.2) is 5.78 Å². The van der Waals surface area contributed by atoms with Crippen molar-refractivity contribution in [3.05, 3.63) is 68.7 Å². The number of benzene rings is 2. The second kappa shape index (κ2) is 5.13. The summed E-state index contributed by atoms with van der Waals surface area (Å²) in [5.41, 5.74) is 2.94. The van der Waals surface area contributed by atoms with Crippen molar-refractivity contribution in [3.63, 3.8) is 0 Å². The lowest BCUT2D eigenvalue weighted by Crippen LogP contribution is -2.04. The van der Waals surface area contributed by atoms with E-state index >= 15 is 0 Å². The van der Waals surface area contributed by atoms with E-state index in [1.54, 1.807) is 30.3 Å². The molecule has 18 heavy (non-hydrogen) atoms. The minimum absolute atomic E-state index is 0.0584. The van der Waals surface area contributed by atoms with Gasteiger partial charge in [0.15, 0.2) is 5.78 Å². The van der Waals surface area contributed by atoms with E-state index in [4.69, 9.17) is 23.2 Å².